The van der Waals surface area contributed by atoms with E-state index in [2.05, 4.69) is 78.7 Å². The molecule has 0 saturated carbocycles. The van der Waals surface area contributed by atoms with Crippen LogP contribution >= 0.6 is 11.3 Å². The van der Waals surface area contributed by atoms with E-state index in [1.165, 1.54) is 11.1 Å². The summed E-state index contributed by atoms with van der Waals surface area (Å²) >= 11 is 1.63. The standard InChI is InChI=1S/C32H37N5OS/c1-6-37(7-2)16-15-33-21(4)30-20(3)28(34-22(30)5)18-26-25-17-24(13-14-27(25)35-31(26)38)29-19-39-32(36-29)23-11-9-8-10-12-23/h8-14,17-19,21,33-34H,6-7,15-16H2,1-5H3,(H,35,38)/b26-18-. The maximum atomic E-state index is 13.0. The molecule has 3 heterocycles. The van der Waals surface area contributed by atoms with Crippen molar-refractivity contribution < 1.29 is 4.79 Å². The fraction of sp³-hybridized carbons (Fsp3) is 0.312. The molecule has 0 aliphatic carbocycles. The third kappa shape index (κ3) is 5.62. The highest BCUT2D eigenvalue weighted by Crippen LogP contribution is 2.38. The summed E-state index contributed by atoms with van der Waals surface area (Å²) in [7, 11) is 0. The van der Waals surface area contributed by atoms with Gasteiger partial charge in [-0.2, -0.15) is 0 Å². The number of H-pyrrole nitrogens is 1. The Kier molecular flexibility index (Phi) is 8.12. The predicted molar refractivity (Wildman–Crippen MR) is 164 cm³/mol. The summed E-state index contributed by atoms with van der Waals surface area (Å²) in [6.07, 6.45) is 2.00. The van der Waals surface area contributed by atoms with Crippen molar-refractivity contribution in [2.24, 2.45) is 0 Å². The van der Waals surface area contributed by atoms with E-state index in [0.29, 0.717) is 5.57 Å². The van der Waals surface area contributed by atoms with Crippen LogP contribution in [0.1, 0.15) is 54.9 Å². The predicted octanol–water partition coefficient (Wildman–Crippen LogP) is 6.91. The zero-order valence-electron chi connectivity index (χ0n) is 23.4. The van der Waals surface area contributed by atoms with Gasteiger partial charge >= 0.3 is 0 Å². The summed E-state index contributed by atoms with van der Waals surface area (Å²) in [4.78, 5) is 23.9. The lowest BCUT2D eigenvalue weighted by atomic mass is 9.99. The fourth-order valence-electron chi connectivity index (χ4n) is 5.42. The molecule has 0 bridgehead atoms. The molecule has 2 aromatic heterocycles. The van der Waals surface area contributed by atoms with Crippen LogP contribution in [0.3, 0.4) is 0 Å². The normalized spacial score (nSPS) is 14.7. The molecule has 1 amide bonds. The van der Waals surface area contributed by atoms with E-state index in [0.717, 1.165) is 70.6 Å². The van der Waals surface area contributed by atoms with Crippen LogP contribution in [0.2, 0.25) is 0 Å². The Hall–Kier alpha value is -3.52. The van der Waals surface area contributed by atoms with E-state index < -0.39 is 0 Å². The minimum atomic E-state index is -0.0796. The van der Waals surface area contributed by atoms with E-state index in [4.69, 9.17) is 4.98 Å². The number of likely N-dealkylation sites (N-methyl/N-ethyl adjacent to an activating group) is 1. The van der Waals surface area contributed by atoms with E-state index in [1.807, 2.05) is 36.4 Å². The lowest BCUT2D eigenvalue weighted by Crippen LogP contribution is -2.33. The van der Waals surface area contributed by atoms with Crippen molar-refractivity contribution in [2.75, 3.05) is 31.5 Å². The number of nitrogens with one attached hydrogen (secondary N) is 3. The average molecular weight is 540 g/mol. The number of rotatable bonds is 10. The quantitative estimate of drug-likeness (QED) is 0.192. The van der Waals surface area contributed by atoms with Crippen LogP contribution in [-0.2, 0) is 4.79 Å². The lowest BCUT2D eigenvalue weighted by Gasteiger charge is -2.21. The highest BCUT2D eigenvalue weighted by molar-refractivity contribution is 7.13. The number of aryl methyl sites for hydroxylation is 1. The molecule has 5 rings (SSSR count). The molecule has 1 aliphatic heterocycles. The number of fused-ring (bicyclic) bond motifs is 1. The Labute approximate surface area is 235 Å². The van der Waals surface area contributed by atoms with Gasteiger partial charge in [0.05, 0.1) is 11.3 Å². The van der Waals surface area contributed by atoms with Gasteiger partial charge in [-0.15, -0.1) is 11.3 Å². The molecule has 4 aromatic rings. The number of amides is 1. The third-order valence-corrected chi connectivity index (χ3v) is 8.54. The molecule has 0 fully saturated rings. The number of aromatic amines is 1. The van der Waals surface area contributed by atoms with E-state index in [1.54, 1.807) is 11.3 Å². The van der Waals surface area contributed by atoms with Crippen molar-refractivity contribution in [1.29, 1.82) is 0 Å². The summed E-state index contributed by atoms with van der Waals surface area (Å²) in [5.41, 5.74) is 9.98. The largest absolute Gasteiger partial charge is 0.359 e. The van der Waals surface area contributed by atoms with Gasteiger partial charge in [-0.3, -0.25) is 4.79 Å². The number of carbonyl (C=O) groups excluding carboxylic acids is 1. The number of carbonyl (C=O) groups is 1. The Morgan fingerprint density at radius 2 is 1.85 bits per heavy atom. The van der Waals surface area contributed by atoms with Crippen molar-refractivity contribution in [2.45, 2.75) is 40.7 Å². The fourth-order valence-corrected chi connectivity index (χ4v) is 6.25. The summed E-state index contributed by atoms with van der Waals surface area (Å²) in [6, 6.07) is 16.5. The van der Waals surface area contributed by atoms with Crippen molar-refractivity contribution in [3.8, 4) is 21.8 Å². The molecule has 3 N–H and O–H groups in total. The molecule has 1 atom stereocenters. The van der Waals surface area contributed by atoms with E-state index >= 15 is 0 Å². The number of nitrogens with zero attached hydrogens (tertiary/aromatic N) is 2. The Balaban J connectivity index is 1.40. The van der Waals surface area contributed by atoms with Crippen molar-refractivity contribution in [3.63, 3.8) is 0 Å². The molecule has 1 aliphatic rings. The first kappa shape index (κ1) is 27.1. The van der Waals surface area contributed by atoms with Gasteiger partial charge in [-0.1, -0.05) is 50.2 Å². The summed E-state index contributed by atoms with van der Waals surface area (Å²) in [5, 5.41) is 9.78. The molecule has 6 nitrogen and oxygen atoms in total. The SMILES string of the molecule is CCN(CC)CCNC(C)c1c(C)[nH]c(/C=C2\C(=O)Nc3ccc(-c4csc(-c5ccccc5)n4)cc32)c1C. The van der Waals surface area contributed by atoms with Gasteiger partial charge in [-0.05, 0) is 63.2 Å². The van der Waals surface area contributed by atoms with Gasteiger partial charge in [0, 0.05) is 58.3 Å². The minimum Gasteiger partial charge on any atom is -0.359 e. The molecular formula is C32H37N5OS. The molecule has 39 heavy (non-hydrogen) atoms. The molecule has 1 unspecified atom stereocenters. The molecule has 0 saturated heterocycles. The van der Waals surface area contributed by atoms with Crippen molar-refractivity contribution in [1.82, 2.24) is 20.2 Å². The first-order valence-corrected chi connectivity index (χ1v) is 14.6. The van der Waals surface area contributed by atoms with Gasteiger partial charge in [0.1, 0.15) is 5.01 Å². The summed E-state index contributed by atoms with van der Waals surface area (Å²) < 4.78 is 0. The Bertz CT molecular complexity index is 1500. The second-order valence-corrected chi connectivity index (χ2v) is 10.9. The number of hydrogen-bond donors (Lipinski definition) is 3. The molecule has 7 heteroatoms. The first-order chi connectivity index (χ1) is 18.9. The van der Waals surface area contributed by atoms with Crippen LogP contribution in [0.15, 0.2) is 53.9 Å². The maximum Gasteiger partial charge on any atom is 0.256 e. The van der Waals surface area contributed by atoms with Crippen LogP contribution < -0.4 is 10.6 Å². The van der Waals surface area contributed by atoms with Crippen molar-refractivity contribution in [3.05, 3.63) is 82.0 Å². The maximum absolute atomic E-state index is 13.0. The minimum absolute atomic E-state index is 0.0796. The molecular weight excluding hydrogens is 502 g/mol. The third-order valence-electron chi connectivity index (χ3n) is 7.65. The van der Waals surface area contributed by atoms with Gasteiger partial charge < -0.3 is 20.5 Å². The van der Waals surface area contributed by atoms with Crippen LogP contribution in [0.4, 0.5) is 5.69 Å². The topological polar surface area (TPSA) is 73.0 Å². The zero-order valence-corrected chi connectivity index (χ0v) is 24.2. The highest BCUT2D eigenvalue weighted by atomic mass is 32.1. The number of anilines is 1. The molecule has 202 valence electrons. The Morgan fingerprint density at radius 1 is 1.08 bits per heavy atom. The molecule has 0 spiro atoms. The van der Waals surface area contributed by atoms with E-state index in [-0.39, 0.29) is 11.9 Å². The lowest BCUT2D eigenvalue weighted by molar-refractivity contribution is -0.110. The number of thiazole rings is 1. The van der Waals surface area contributed by atoms with Crippen LogP contribution in [-0.4, -0.2) is 47.0 Å². The second kappa shape index (κ2) is 11.7. The van der Waals surface area contributed by atoms with Crippen LogP contribution in [0, 0.1) is 13.8 Å². The number of benzene rings is 2. The van der Waals surface area contributed by atoms with Crippen LogP contribution in [0.25, 0.3) is 33.5 Å². The summed E-state index contributed by atoms with van der Waals surface area (Å²) in [6.45, 7) is 15.0. The second-order valence-electron chi connectivity index (χ2n) is 10.1. The molecule has 2 aromatic carbocycles. The van der Waals surface area contributed by atoms with Crippen LogP contribution in [0.5, 0.6) is 0 Å². The van der Waals surface area contributed by atoms with Gasteiger partial charge in [0.2, 0.25) is 0 Å². The van der Waals surface area contributed by atoms with Gasteiger partial charge in [-0.25, -0.2) is 4.98 Å². The highest BCUT2D eigenvalue weighted by Gasteiger charge is 2.26. The van der Waals surface area contributed by atoms with E-state index in [9.17, 15) is 4.79 Å². The average Bonchev–Trinajstić information content (AvgIpc) is 3.63. The number of hydrogen-bond acceptors (Lipinski definition) is 5. The Morgan fingerprint density at radius 3 is 2.59 bits per heavy atom. The van der Waals surface area contributed by atoms with Gasteiger partial charge in [0.25, 0.3) is 5.91 Å². The zero-order chi connectivity index (χ0) is 27.5. The monoisotopic (exact) mass is 539 g/mol. The van der Waals surface area contributed by atoms with Gasteiger partial charge in [0.15, 0.2) is 0 Å². The molecule has 0 radical (unpaired) electrons. The first-order valence-electron chi connectivity index (χ1n) is 13.7. The number of aromatic nitrogens is 2. The van der Waals surface area contributed by atoms with Crippen molar-refractivity contribution >= 4 is 34.6 Å². The smallest absolute Gasteiger partial charge is 0.256 e. The summed E-state index contributed by atoms with van der Waals surface area (Å²) in [5.74, 6) is -0.0796.